The van der Waals surface area contributed by atoms with Crippen LogP contribution in [0.3, 0.4) is 0 Å². The van der Waals surface area contributed by atoms with Gasteiger partial charge in [0, 0.05) is 12.7 Å². The van der Waals surface area contributed by atoms with Crippen LogP contribution < -0.4 is 0 Å². The predicted octanol–water partition coefficient (Wildman–Crippen LogP) is 2.63. The van der Waals surface area contributed by atoms with E-state index < -0.39 is 5.97 Å². The van der Waals surface area contributed by atoms with E-state index in [1.54, 1.807) is 0 Å². The van der Waals surface area contributed by atoms with Gasteiger partial charge in [-0.2, -0.15) is 0 Å². The molecular weight excluding hydrogens is 254 g/mol. The molecule has 5 nitrogen and oxygen atoms in total. The van der Waals surface area contributed by atoms with Gasteiger partial charge in [0.25, 0.3) is 0 Å². The zero-order valence-corrected chi connectivity index (χ0v) is 10.7. The minimum atomic E-state index is -1.16. The highest BCUT2D eigenvalue weighted by Gasteiger charge is 2.13. The van der Waals surface area contributed by atoms with Crippen molar-refractivity contribution in [2.45, 2.75) is 20.0 Å². The van der Waals surface area contributed by atoms with Crippen LogP contribution in [0.4, 0.5) is 0 Å². The Morgan fingerprint density at radius 2 is 2.28 bits per heavy atom. The highest BCUT2D eigenvalue weighted by molar-refractivity contribution is 7.18. The van der Waals surface area contributed by atoms with Crippen LogP contribution in [0.1, 0.15) is 28.7 Å². The summed E-state index contributed by atoms with van der Waals surface area (Å²) in [7, 11) is 0. The van der Waals surface area contributed by atoms with Gasteiger partial charge in [-0.05, 0) is 12.5 Å². The monoisotopic (exact) mass is 267 g/mol. The number of aromatic nitrogens is 1. The SMILES string of the molecule is CCCOCc1nc2cc(C(=O)O)c(O)cc2s1. The second kappa shape index (κ2) is 5.32. The first-order valence-electron chi connectivity index (χ1n) is 5.55. The number of carboxylic acids is 1. The highest BCUT2D eigenvalue weighted by atomic mass is 32.1. The van der Waals surface area contributed by atoms with Crippen molar-refractivity contribution >= 4 is 27.5 Å². The van der Waals surface area contributed by atoms with E-state index in [1.165, 1.54) is 23.5 Å². The molecule has 0 aliphatic heterocycles. The predicted molar refractivity (Wildman–Crippen MR) is 68.2 cm³/mol. The number of rotatable bonds is 5. The fourth-order valence-corrected chi connectivity index (χ4v) is 2.47. The summed E-state index contributed by atoms with van der Waals surface area (Å²) in [5.74, 6) is -1.40. The molecule has 0 unspecified atom stereocenters. The van der Waals surface area contributed by atoms with Crippen molar-refractivity contribution < 1.29 is 19.7 Å². The number of fused-ring (bicyclic) bond motifs is 1. The quantitative estimate of drug-likeness (QED) is 0.814. The summed E-state index contributed by atoms with van der Waals surface area (Å²) < 4.78 is 6.13. The van der Waals surface area contributed by atoms with E-state index in [0.29, 0.717) is 18.7 Å². The molecule has 2 N–H and O–H groups in total. The van der Waals surface area contributed by atoms with Crippen LogP contribution in [0.5, 0.6) is 5.75 Å². The molecular formula is C12H13NO4S. The Morgan fingerprint density at radius 3 is 2.94 bits per heavy atom. The molecule has 2 rings (SSSR count). The highest BCUT2D eigenvalue weighted by Crippen LogP contribution is 2.29. The first-order valence-corrected chi connectivity index (χ1v) is 6.37. The number of hydrogen-bond acceptors (Lipinski definition) is 5. The minimum absolute atomic E-state index is 0.131. The molecule has 6 heteroatoms. The van der Waals surface area contributed by atoms with Crippen LogP contribution >= 0.6 is 11.3 Å². The maximum atomic E-state index is 10.9. The number of ether oxygens (including phenoxy) is 1. The molecule has 0 bridgehead atoms. The van der Waals surface area contributed by atoms with Crippen molar-refractivity contribution in [2.24, 2.45) is 0 Å². The van der Waals surface area contributed by atoms with Crippen molar-refractivity contribution in [2.75, 3.05) is 6.61 Å². The van der Waals surface area contributed by atoms with E-state index in [0.717, 1.165) is 16.1 Å². The lowest BCUT2D eigenvalue weighted by Crippen LogP contribution is -1.96. The number of benzene rings is 1. The van der Waals surface area contributed by atoms with Crippen LogP contribution in [-0.4, -0.2) is 27.8 Å². The van der Waals surface area contributed by atoms with Crippen LogP contribution in [0.2, 0.25) is 0 Å². The Morgan fingerprint density at radius 1 is 1.50 bits per heavy atom. The fourth-order valence-electron chi connectivity index (χ4n) is 1.55. The first kappa shape index (κ1) is 12.8. The summed E-state index contributed by atoms with van der Waals surface area (Å²) in [5.41, 5.74) is 0.444. The topological polar surface area (TPSA) is 79.7 Å². The molecule has 0 atom stereocenters. The van der Waals surface area contributed by atoms with Crippen LogP contribution in [0.25, 0.3) is 10.2 Å². The number of thiazole rings is 1. The zero-order chi connectivity index (χ0) is 13.1. The molecule has 0 saturated heterocycles. The van der Waals surface area contributed by atoms with E-state index in [2.05, 4.69) is 4.98 Å². The Bertz CT molecular complexity index is 579. The van der Waals surface area contributed by atoms with Gasteiger partial charge in [0.15, 0.2) is 0 Å². The van der Waals surface area contributed by atoms with Crippen molar-refractivity contribution in [3.63, 3.8) is 0 Å². The third-order valence-corrected chi connectivity index (χ3v) is 3.35. The second-order valence-electron chi connectivity index (χ2n) is 3.80. The molecule has 0 spiro atoms. The smallest absolute Gasteiger partial charge is 0.339 e. The van der Waals surface area contributed by atoms with Gasteiger partial charge >= 0.3 is 5.97 Å². The van der Waals surface area contributed by atoms with Gasteiger partial charge in [-0.25, -0.2) is 9.78 Å². The number of phenols is 1. The lowest BCUT2D eigenvalue weighted by molar-refractivity contribution is 0.0694. The summed E-state index contributed by atoms with van der Waals surface area (Å²) >= 11 is 1.39. The fraction of sp³-hybridized carbons (Fsp3) is 0.333. The summed E-state index contributed by atoms with van der Waals surface area (Å²) in [6.07, 6.45) is 0.939. The van der Waals surface area contributed by atoms with Crippen LogP contribution in [-0.2, 0) is 11.3 Å². The van der Waals surface area contributed by atoms with Crippen LogP contribution in [0.15, 0.2) is 12.1 Å². The molecule has 1 heterocycles. The number of aromatic hydroxyl groups is 1. The normalized spacial score (nSPS) is 10.9. The molecule has 96 valence electrons. The maximum absolute atomic E-state index is 10.9. The first-order chi connectivity index (χ1) is 8.61. The molecule has 2 aromatic rings. The lowest BCUT2D eigenvalue weighted by Gasteiger charge is -1.97. The molecule has 0 radical (unpaired) electrons. The molecule has 1 aromatic heterocycles. The minimum Gasteiger partial charge on any atom is -0.507 e. The summed E-state index contributed by atoms with van der Waals surface area (Å²) in [5, 5.41) is 19.2. The number of carbonyl (C=O) groups is 1. The van der Waals surface area contributed by atoms with Gasteiger partial charge in [0.1, 0.15) is 16.3 Å². The molecule has 0 aliphatic rings. The third-order valence-electron chi connectivity index (χ3n) is 2.35. The van der Waals surface area contributed by atoms with Gasteiger partial charge in [0.2, 0.25) is 0 Å². The number of hydrogen-bond donors (Lipinski definition) is 2. The molecule has 0 aliphatic carbocycles. The Balaban J connectivity index is 2.30. The molecule has 1 aromatic carbocycles. The lowest BCUT2D eigenvalue weighted by atomic mass is 10.2. The summed E-state index contributed by atoms with van der Waals surface area (Å²) in [4.78, 5) is 15.2. The average molecular weight is 267 g/mol. The van der Waals surface area contributed by atoms with E-state index >= 15 is 0 Å². The van der Waals surface area contributed by atoms with Gasteiger partial charge in [-0.3, -0.25) is 0 Å². The van der Waals surface area contributed by atoms with E-state index in [9.17, 15) is 9.90 Å². The maximum Gasteiger partial charge on any atom is 0.339 e. The van der Waals surface area contributed by atoms with Crippen molar-refractivity contribution in [3.8, 4) is 5.75 Å². The van der Waals surface area contributed by atoms with Crippen molar-refractivity contribution in [1.29, 1.82) is 0 Å². The van der Waals surface area contributed by atoms with Crippen molar-refractivity contribution in [1.82, 2.24) is 4.98 Å². The molecule has 0 amide bonds. The largest absolute Gasteiger partial charge is 0.507 e. The molecule has 0 fully saturated rings. The Kier molecular flexibility index (Phi) is 3.78. The summed E-state index contributed by atoms with van der Waals surface area (Å²) in [6, 6.07) is 2.81. The van der Waals surface area contributed by atoms with Gasteiger partial charge < -0.3 is 14.9 Å². The van der Waals surface area contributed by atoms with Gasteiger partial charge in [-0.1, -0.05) is 6.92 Å². The van der Waals surface area contributed by atoms with Gasteiger partial charge in [0.05, 0.1) is 16.8 Å². The van der Waals surface area contributed by atoms with Crippen molar-refractivity contribution in [3.05, 3.63) is 22.7 Å². The van der Waals surface area contributed by atoms with E-state index in [4.69, 9.17) is 9.84 Å². The number of nitrogens with zero attached hydrogens (tertiary/aromatic N) is 1. The number of carboxylic acid groups (broad SMARTS) is 1. The van der Waals surface area contributed by atoms with E-state index in [-0.39, 0.29) is 11.3 Å². The van der Waals surface area contributed by atoms with E-state index in [1.807, 2.05) is 6.92 Å². The summed E-state index contributed by atoms with van der Waals surface area (Å²) in [6.45, 7) is 3.10. The molecule has 18 heavy (non-hydrogen) atoms. The van der Waals surface area contributed by atoms with Gasteiger partial charge in [-0.15, -0.1) is 11.3 Å². The third kappa shape index (κ3) is 2.60. The Hall–Kier alpha value is -1.66. The second-order valence-corrected chi connectivity index (χ2v) is 4.92. The number of aromatic carboxylic acids is 1. The standard InChI is InChI=1S/C12H13NO4S/c1-2-3-17-6-11-13-8-4-7(12(15)16)9(14)5-10(8)18-11/h4-5,14H,2-3,6H2,1H3,(H,15,16). The van der Waals surface area contributed by atoms with Crippen LogP contribution in [0, 0.1) is 0 Å². The average Bonchev–Trinajstić information content (AvgIpc) is 2.69. The Labute approximate surface area is 108 Å². The molecule has 0 saturated carbocycles. The zero-order valence-electron chi connectivity index (χ0n) is 9.84.